The zero-order valence-corrected chi connectivity index (χ0v) is 4.27. The monoisotopic (exact) mass is 103 g/mol. The summed E-state index contributed by atoms with van der Waals surface area (Å²) >= 11 is 0. The van der Waals surface area contributed by atoms with Gasteiger partial charge in [-0.25, -0.2) is 0 Å². The summed E-state index contributed by atoms with van der Waals surface area (Å²) in [6.45, 7) is 2.66. The Kier molecular flexibility index (Phi) is 1.03. The van der Waals surface area contributed by atoms with E-state index in [2.05, 4.69) is 10.3 Å². The molecule has 1 saturated heterocycles. The zero-order chi connectivity index (χ0) is 5.33. The molecule has 1 heterocycles. The maximum atomic E-state index is 9.01. The Hall–Kier alpha value is -0.120. The second-order valence-corrected chi connectivity index (χ2v) is 2.11. The van der Waals surface area contributed by atoms with Crippen molar-refractivity contribution in [2.45, 2.75) is 12.5 Å². The van der Waals surface area contributed by atoms with Crippen LogP contribution in [0.25, 0.3) is 0 Å². The van der Waals surface area contributed by atoms with Gasteiger partial charge in [-0.2, -0.15) is 5.48 Å². The van der Waals surface area contributed by atoms with E-state index in [9.17, 15) is 0 Å². The van der Waals surface area contributed by atoms with Crippen LogP contribution in [-0.2, 0) is 4.84 Å². The third-order valence-electron chi connectivity index (χ3n) is 0.938. The summed E-state index contributed by atoms with van der Waals surface area (Å²) in [6.07, 6.45) is 0. The van der Waals surface area contributed by atoms with E-state index in [1.165, 1.54) is 0 Å². The molecule has 0 bridgehead atoms. The first-order valence-corrected chi connectivity index (χ1v) is 2.28. The molecule has 1 aliphatic rings. The summed E-state index contributed by atoms with van der Waals surface area (Å²) in [4.78, 5) is 4.66. The molecule has 1 fully saturated rings. The van der Waals surface area contributed by atoms with Gasteiger partial charge in [-0.15, -0.1) is 0 Å². The average molecular weight is 103 g/mol. The molecular formula is C4H9NO2. The summed E-state index contributed by atoms with van der Waals surface area (Å²) in [7, 11) is 0. The fourth-order valence-corrected chi connectivity index (χ4v) is 0.464. The van der Waals surface area contributed by atoms with Gasteiger partial charge < -0.3 is 5.11 Å². The lowest BCUT2D eigenvalue weighted by Crippen LogP contribution is -2.29. The standard InChI is InChI=1S/C4H9NO2/c1-4(6)2-5-7-3-4/h5-6H,2-3H2,1H3/t4-/m1/s1. The highest BCUT2D eigenvalue weighted by Crippen LogP contribution is 2.05. The average Bonchev–Trinajstić information content (AvgIpc) is 1.84. The van der Waals surface area contributed by atoms with Crippen LogP contribution in [0.1, 0.15) is 6.92 Å². The lowest BCUT2D eigenvalue weighted by atomic mass is 10.1. The summed E-state index contributed by atoms with van der Waals surface area (Å²) in [6, 6.07) is 0. The van der Waals surface area contributed by atoms with Crippen LogP contribution in [0.2, 0.25) is 0 Å². The summed E-state index contributed by atoms with van der Waals surface area (Å²) < 4.78 is 0. The molecule has 0 saturated carbocycles. The minimum atomic E-state index is -0.639. The Balaban J connectivity index is 2.40. The Labute approximate surface area is 42.2 Å². The van der Waals surface area contributed by atoms with Gasteiger partial charge in [0.15, 0.2) is 0 Å². The van der Waals surface area contributed by atoms with Gasteiger partial charge in [0.2, 0.25) is 0 Å². The van der Waals surface area contributed by atoms with Gasteiger partial charge in [0.1, 0.15) is 5.60 Å². The molecule has 42 valence electrons. The maximum Gasteiger partial charge on any atom is 0.102 e. The Morgan fingerprint density at radius 3 is 2.71 bits per heavy atom. The Morgan fingerprint density at radius 1 is 1.86 bits per heavy atom. The highest BCUT2D eigenvalue weighted by Gasteiger charge is 2.25. The molecule has 0 aromatic heterocycles. The van der Waals surface area contributed by atoms with Gasteiger partial charge in [-0.05, 0) is 6.92 Å². The van der Waals surface area contributed by atoms with Crippen LogP contribution in [0, 0.1) is 0 Å². The first kappa shape index (κ1) is 5.03. The largest absolute Gasteiger partial charge is 0.386 e. The minimum Gasteiger partial charge on any atom is -0.386 e. The van der Waals surface area contributed by atoms with Crippen molar-refractivity contribution in [1.29, 1.82) is 0 Å². The molecule has 1 rings (SSSR count). The second kappa shape index (κ2) is 1.43. The fraction of sp³-hybridized carbons (Fsp3) is 1.00. The van der Waals surface area contributed by atoms with Gasteiger partial charge in [0.05, 0.1) is 13.2 Å². The predicted molar refractivity (Wildman–Crippen MR) is 24.6 cm³/mol. The van der Waals surface area contributed by atoms with Crippen molar-refractivity contribution in [1.82, 2.24) is 5.48 Å². The number of β-amino-alcohol motifs (C(OH)–C–C–N with tert-alkyl or cyclic N) is 1. The van der Waals surface area contributed by atoms with Gasteiger partial charge in [-0.1, -0.05) is 0 Å². The number of nitrogens with one attached hydrogen (secondary N) is 1. The minimum absolute atomic E-state index is 0.396. The molecule has 1 aliphatic heterocycles. The van der Waals surface area contributed by atoms with Crippen LogP contribution in [0.3, 0.4) is 0 Å². The van der Waals surface area contributed by atoms with Crippen LogP contribution < -0.4 is 5.48 Å². The van der Waals surface area contributed by atoms with Crippen LogP contribution in [0.5, 0.6) is 0 Å². The van der Waals surface area contributed by atoms with E-state index in [-0.39, 0.29) is 0 Å². The third kappa shape index (κ3) is 1.12. The molecule has 0 unspecified atom stereocenters. The molecule has 3 heteroatoms. The smallest absolute Gasteiger partial charge is 0.102 e. The Bertz CT molecular complexity index is 64.1. The van der Waals surface area contributed by atoms with Gasteiger partial charge in [0.25, 0.3) is 0 Å². The van der Waals surface area contributed by atoms with Crippen molar-refractivity contribution in [2.75, 3.05) is 13.2 Å². The number of hydrogen-bond acceptors (Lipinski definition) is 3. The molecule has 7 heavy (non-hydrogen) atoms. The van der Waals surface area contributed by atoms with E-state index in [0.717, 1.165) is 0 Å². The van der Waals surface area contributed by atoms with Crippen molar-refractivity contribution < 1.29 is 9.94 Å². The SMILES string of the molecule is C[C@@]1(O)CNOC1. The first-order chi connectivity index (χ1) is 3.21. The van der Waals surface area contributed by atoms with E-state index in [1.807, 2.05) is 0 Å². The van der Waals surface area contributed by atoms with Crippen molar-refractivity contribution in [2.24, 2.45) is 0 Å². The van der Waals surface area contributed by atoms with E-state index in [1.54, 1.807) is 6.92 Å². The summed E-state index contributed by atoms with van der Waals surface area (Å²) in [5.74, 6) is 0. The molecule has 2 N–H and O–H groups in total. The van der Waals surface area contributed by atoms with Crippen molar-refractivity contribution >= 4 is 0 Å². The third-order valence-corrected chi connectivity index (χ3v) is 0.938. The second-order valence-electron chi connectivity index (χ2n) is 2.11. The molecule has 0 amide bonds. The van der Waals surface area contributed by atoms with Crippen LogP contribution >= 0.6 is 0 Å². The van der Waals surface area contributed by atoms with Crippen LogP contribution in [0.15, 0.2) is 0 Å². The van der Waals surface area contributed by atoms with Gasteiger partial charge >= 0.3 is 0 Å². The zero-order valence-electron chi connectivity index (χ0n) is 4.27. The van der Waals surface area contributed by atoms with E-state index in [0.29, 0.717) is 13.2 Å². The first-order valence-electron chi connectivity index (χ1n) is 2.28. The van der Waals surface area contributed by atoms with Crippen molar-refractivity contribution in [3.8, 4) is 0 Å². The molecule has 0 aliphatic carbocycles. The number of aliphatic hydroxyl groups is 1. The number of rotatable bonds is 0. The van der Waals surface area contributed by atoms with E-state index in [4.69, 9.17) is 5.11 Å². The number of hydrogen-bond donors (Lipinski definition) is 2. The Morgan fingerprint density at radius 2 is 2.57 bits per heavy atom. The maximum absolute atomic E-state index is 9.01. The van der Waals surface area contributed by atoms with Gasteiger partial charge in [-0.3, -0.25) is 4.84 Å². The van der Waals surface area contributed by atoms with E-state index < -0.39 is 5.60 Å². The molecule has 0 aromatic rings. The highest BCUT2D eigenvalue weighted by atomic mass is 16.7. The van der Waals surface area contributed by atoms with Crippen molar-refractivity contribution in [3.05, 3.63) is 0 Å². The van der Waals surface area contributed by atoms with Crippen LogP contribution in [0.4, 0.5) is 0 Å². The summed E-state index contributed by atoms with van der Waals surface area (Å²) in [5, 5.41) is 9.01. The topological polar surface area (TPSA) is 41.5 Å². The van der Waals surface area contributed by atoms with Gasteiger partial charge in [0, 0.05) is 0 Å². The molecular weight excluding hydrogens is 94.0 g/mol. The van der Waals surface area contributed by atoms with Crippen molar-refractivity contribution in [3.63, 3.8) is 0 Å². The van der Waals surface area contributed by atoms with E-state index >= 15 is 0 Å². The normalized spacial score (nSPS) is 42.0. The van der Waals surface area contributed by atoms with Crippen LogP contribution in [-0.4, -0.2) is 23.9 Å². The number of hydroxylamine groups is 1. The summed E-state index contributed by atoms with van der Waals surface area (Å²) in [5.41, 5.74) is 1.92. The predicted octanol–water partition coefficient (Wildman–Crippen LogP) is -0.728. The molecule has 0 spiro atoms. The lowest BCUT2D eigenvalue weighted by Gasteiger charge is -2.08. The molecule has 0 aromatic carbocycles. The molecule has 3 nitrogen and oxygen atoms in total. The lowest BCUT2D eigenvalue weighted by molar-refractivity contribution is 0.0343. The fourth-order valence-electron chi connectivity index (χ4n) is 0.464. The quantitative estimate of drug-likeness (QED) is 0.425. The molecule has 0 radical (unpaired) electrons. The molecule has 1 atom stereocenters. The highest BCUT2D eigenvalue weighted by molar-refractivity contribution is 4.76.